The van der Waals surface area contributed by atoms with E-state index in [9.17, 15) is 9.59 Å². The quantitative estimate of drug-likeness (QED) is 0.293. The largest absolute Gasteiger partial charge is 0.489 e. The van der Waals surface area contributed by atoms with Crippen LogP contribution in [0.1, 0.15) is 17.5 Å². The van der Waals surface area contributed by atoms with Gasteiger partial charge in [0.2, 0.25) is 0 Å². The van der Waals surface area contributed by atoms with E-state index in [0.717, 1.165) is 16.8 Å². The van der Waals surface area contributed by atoms with Gasteiger partial charge in [-0.15, -0.1) is 0 Å². The molecule has 8 nitrogen and oxygen atoms in total. The van der Waals surface area contributed by atoms with Gasteiger partial charge in [-0.3, -0.25) is 9.79 Å². The highest BCUT2D eigenvalue weighted by atomic mass is 35.5. The molecule has 2 aromatic rings. The van der Waals surface area contributed by atoms with Crippen molar-refractivity contribution in [2.45, 2.75) is 19.0 Å². The van der Waals surface area contributed by atoms with Crippen LogP contribution in [0.5, 0.6) is 5.75 Å². The van der Waals surface area contributed by atoms with E-state index in [1.165, 1.54) is 4.90 Å². The van der Waals surface area contributed by atoms with Crippen molar-refractivity contribution < 1.29 is 19.1 Å². The van der Waals surface area contributed by atoms with Gasteiger partial charge in [0.25, 0.3) is 5.91 Å². The first-order chi connectivity index (χ1) is 17.8. The second-order valence-corrected chi connectivity index (χ2v) is 8.92. The molecule has 0 saturated carbocycles. The van der Waals surface area contributed by atoms with Crippen molar-refractivity contribution >= 4 is 34.7 Å². The minimum atomic E-state index is -0.828. The molecule has 2 N–H and O–H groups in total. The highest BCUT2D eigenvalue weighted by Gasteiger charge is 2.32. The average molecular weight is 523 g/mol. The Hall–Kier alpha value is -3.80. The number of ether oxygens (including phenoxy) is 2. The number of nitrogens with zero attached hydrogens (tertiary/aromatic N) is 3. The zero-order valence-corrected chi connectivity index (χ0v) is 22.0. The molecule has 37 heavy (non-hydrogen) atoms. The normalized spacial score (nSPS) is 14.6. The summed E-state index contributed by atoms with van der Waals surface area (Å²) in [4.78, 5) is 32.8. The Labute approximate surface area is 222 Å². The van der Waals surface area contributed by atoms with Gasteiger partial charge in [0, 0.05) is 38.9 Å². The third-order valence-corrected chi connectivity index (χ3v) is 6.12. The lowest BCUT2D eigenvalue weighted by atomic mass is 10.0. The Bertz CT molecular complexity index is 1230. The first-order valence-corrected chi connectivity index (χ1v) is 12.1. The highest BCUT2D eigenvalue weighted by Crippen LogP contribution is 2.29. The smallest absolute Gasteiger partial charge is 0.270 e. The Kier molecular flexibility index (Phi) is 10.1. The number of halogens is 1. The SMILES string of the molecule is COCC#Cc1ccc(N(C)C)c(OCC(C=O)N2CCC(C(Cl)=NCc3ccccc3)=C(N)C2=O)c1. The molecule has 1 amide bonds. The molecule has 0 fully saturated rings. The van der Waals surface area contributed by atoms with E-state index in [0.29, 0.717) is 37.2 Å². The van der Waals surface area contributed by atoms with Gasteiger partial charge in [-0.25, -0.2) is 0 Å². The number of nitrogens with two attached hydrogens (primary N) is 1. The van der Waals surface area contributed by atoms with E-state index in [4.69, 9.17) is 26.8 Å². The van der Waals surface area contributed by atoms with E-state index in [1.54, 1.807) is 13.2 Å². The van der Waals surface area contributed by atoms with Crippen LogP contribution in [0.15, 0.2) is 64.8 Å². The number of amides is 1. The molecular weight excluding hydrogens is 492 g/mol. The van der Waals surface area contributed by atoms with Crippen molar-refractivity contribution in [3.63, 3.8) is 0 Å². The van der Waals surface area contributed by atoms with Crippen molar-refractivity contribution in [3.8, 4) is 17.6 Å². The lowest BCUT2D eigenvalue weighted by Gasteiger charge is -2.32. The molecule has 1 aliphatic rings. The van der Waals surface area contributed by atoms with Gasteiger partial charge in [-0.2, -0.15) is 0 Å². The topological polar surface area (TPSA) is 97.5 Å². The molecule has 9 heteroatoms. The minimum absolute atomic E-state index is 0.00990. The predicted octanol–water partition coefficient (Wildman–Crippen LogP) is 2.98. The summed E-state index contributed by atoms with van der Waals surface area (Å²) >= 11 is 6.40. The fourth-order valence-corrected chi connectivity index (χ4v) is 4.04. The Morgan fingerprint density at radius 2 is 2.03 bits per heavy atom. The van der Waals surface area contributed by atoms with Crippen molar-refractivity contribution in [2.24, 2.45) is 10.7 Å². The van der Waals surface area contributed by atoms with Crippen LogP contribution in [0.25, 0.3) is 0 Å². The van der Waals surface area contributed by atoms with Crippen LogP contribution in [0.4, 0.5) is 5.69 Å². The number of carbonyl (C=O) groups excluding carboxylic acids is 2. The predicted molar refractivity (Wildman–Crippen MR) is 146 cm³/mol. The number of carbonyl (C=O) groups is 2. The molecule has 2 aromatic carbocycles. The monoisotopic (exact) mass is 522 g/mol. The first kappa shape index (κ1) is 27.8. The number of rotatable bonds is 10. The third kappa shape index (κ3) is 7.35. The number of methoxy groups -OCH3 is 1. The van der Waals surface area contributed by atoms with E-state index in [-0.39, 0.29) is 24.0 Å². The summed E-state index contributed by atoms with van der Waals surface area (Å²) in [6, 6.07) is 14.4. The number of benzene rings is 2. The van der Waals surface area contributed by atoms with Gasteiger partial charge in [-0.1, -0.05) is 53.8 Å². The molecule has 0 radical (unpaired) electrons. The Balaban J connectivity index is 1.73. The summed E-state index contributed by atoms with van der Waals surface area (Å²) < 4.78 is 11.0. The molecule has 0 saturated heterocycles. The number of aldehydes is 1. The lowest BCUT2D eigenvalue weighted by Crippen LogP contribution is -2.49. The molecule has 0 bridgehead atoms. The van der Waals surface area contributed by atoms with Crippen molar-refractivity contribution in [1.29, 1.82) is 0 Å². The molecule has 0 aliphatic carbocycles. The maximum absolute atomic E-state index is 13.1. The van der Waals surface area contributed by atoms with Crippen LogP contribution in [0.2, 0.25) is 0 Å². The number of hydrogen-bond acceptors (Lipinski definition) is 7. The van der Waals surface area contributed by atoms with Crippen LogP contribution in [-0.4, -0.2) is 69.3 Å². The number of anilines is 1. The molecule has 1 aliphatic heterocycles. The maximum Gasteiger partial charge on any atom is 0.270 e. The molecular formula is C28H31ClN4O4. The standard InChI is InChI=1S/C28H31ClN4O4/c1-32(2)24-12-11-20(10-7-15-36-3)16-25(24)37-19-22(18-34)33-14-13-23(26(30)28(33)35)27(29)31-17-21-8-5-4-6-9-21/h4-6,8-9,11-12,16,18,22H,13-15,17,19,30H2,1-3H3. The van der Waals surface area contributed by atoms with Crippen molar-refractivity contribution in [3.05, 3.63) is 70.9 Å². The van der Waals surface area contributed by atoms with Gasteiger partial charge < -0.3 is 29.8 Å². The molecule has 0 aromatic heterocycles. The van der Waals surface area contributed by atoms with Crippen LogP contribution >= 0.6 is 11.6 Å². The fraction of sp³-hybridized carbons (Fsp3) is 0.321. The second kappa shape index (κ2) is 13.5. The number of aliphatic imine (C=N–C) groups is 1. The van der Waals surface area contributed by atoms with Crippen molar-refractivity contribution in [2.75, 3.05) is 45.9 Å². The summed E-state index contributed by atoms with van der Waals surface area (Å²) in [7, 11) is 5.36. The first-order valence-electron chi connectivity index (χ1n) is 11.8. The molecule has 1 heterocycles. The molecule has 194 valence electrons. The average Bonchev–Trinajstić information content (AvgIpc) is 2.90. The van der Waals surface area contributed by atoms with E-state index in [2.05, 4.69) is 16.8 Å². The summed E-state index contributed by atoms with van der Waals surface area (Å²) in [5, 5.41) is 0.204. The van der Waals surface area contributed by atoms with Crippen LogP contribution < -0.4 is 15.4 Å². The number of hydrogen-bond donors (Lipinski definition) is 1. The highest BCUT2D eigenvalue weighted by molar-refractivity contribution is 6.69. The van der Waals surface area contributed by atoms with Crippen LogP contribution in [-0.2, 0) is 20.9 Å². The fourth-order valence-electron chi connectivity index (χ4n) is 3.79. The van der Waals surface area contributed by atoms with Gasteiger partial charge in [0.1, 0.15) is 42.2 Å². The molecule has 0 spiro atoms. The zero-order valence-electron chi connectivity index (χ0n) is 21.2. The molecule has 3 rings (SSSR count). The van der Waals surface area contributed by atoms with Gasteiger partial charge in [-0.05, 0) is 30.2 Å². The van der Waals surface area contributed by atoms with E-state index < -0.39 is 11.9 Å². The van der Waals surface area contributed by atoms with Gasteiger partial charge in [0.15, 0.2) is 0 Å². The van der Waals surface area contributed by atoms with E-state index in [1.807, 2.05) is 61.5 Å². The molecule has 1 unspecified atom stereocenters. The van der Waals surface area contributed by atoms with Gasteiger partial charge in [0.05, 0.1) is 12.2 Å². The van der Waals surface area contributed by atoms with Crippen LogP contribution in [0, 0.1) is 11.8 Å². The van der Waals surface area contributed by atoms with Gasteiger partial charge >= 0.3 is 0 Å². The Morgan fingerprint density at radius 3 is 2.70 bits per heavy atom. The lowest BCUT2D eigenvalue weighted by molar-refractivity contribution is -0.134. The summed E-state index contributed by atoms with van der Waals surface area (Å²) in [5.74, 6) is 6.00. The maximum atomic E-state index is 13.1. The summed E-state index contributed by atoms with van der Waals surface area (Å²) in [5.41, 5.74) is 9.19. The summed E-state index contributed by atoms with van der Waals surface area (Å²) in [6.45, 7) is 0.918. The molecule has 1 atom stereocenters. The summed E-state index contributed by atoms with van der Waals surface area (Å²) in [6.07, 6.45) is 1.07. The zero-order chi connectivity index (χ0) is 26.8. The third-order valence-electron chi connectivity index (χ3n) is 5.77. The minimum Gasteiger partial charge on any atom is -0.489 e. The second-order valence-electron chi connectivity index (χ2n) is 8.56. The van der Waals surface area contributed by atoms with E-state index >= 15 is 0 Å². The van der Waals surface area contributed by atoms with Crippen molar-refractivity contribution in [1.82, 2.24) is 4.90 Å². The Morgan fingerprint density at radius 1 is 1.27 bits per heavy atom. The van der Waals surface area contributed by atoms with Crippen LogP contribution in [0.3, 0.4) is 0 Å².